The Bertz CT molecular complexity index is 3600. The van der Waals surface area contributed by atoms with Crippen molar-refractivity contribution in [2.24, 2.45) is 0 Å². The summed E-state index contributed by atoms with van der Waals surface area (Å²) in [4.78, 5) is 4.73. The predicted octanol–water partition coefficient (Wildman–Crippen LogP) is 17.4. The lowest BCUT2D eigenvalue weighted by atomic mass is 9.98. The van der Waals surface area contributed by atoms with Gasteiger partial charge < -0.3 is 14.4 Å². The van der Waals surface area contributed by atoms with Gasteiger partial charge in [-0.3, -0.25) is 0 Å². The average Bonchev–Trinajstić information content (AvgIpc) is 3.74. The zero-order valence-electron chi connectivity index (χ0n) is 35.7. The average molecular weight is 830 g/mol. The van der Waals surface area contributed by atoms with Crippen LogP contribution in [0.4, 0.5) is 34.1 Å². The topological polar surface area (TPSA) is 11.4 Å². The van der Waals surface area contributed by atoms with E-state index in [9.17, 15) is 0 Å². The molecule has 0 aliphatic rings. The number of hydrogen-bond donors (Lipinski definition) is 0. The van der Waals surface area contributed by atoms with Gasteiger partial charge in [-0.15, -0.1) is 0 Å². The van der Waals surface area contributed by atoms with E-state index in [1.54, 1.807) is 0 Å². The summed E-state index contributed by atoms with van der Waals surface area (Å²) in [6.45, 7) is 0. The lowest BCUT2D eigenvalue weighted by Gasteiger charge is -2.26. The molecule has 306 valence electrons. The maximum Gasteiger partial charge on any atom is 0.0547 e. The summed E-state index contributed by atoms with van der Waals surface area (Å²) in [5.74, 6) is 0. The molecule has 3 nitrogen and oxygen atoms in total. The molecule has 1 heterocycles. The standard InChI is InChI=1S/C62H43N3/c1-6-16-44(17-7-1)46-26-33-53(34-27-46)63(50-20-10-3-11-21-50)55-38-39-57-49(42-55)32-41-59-61(57)62-58-43-56(37-30-48(58)31-40-60(62)65(59)52-24-14-5-15-25-52)64(51-22-12-4-13-23-51)54-35-28-47(29-36-54)45-18-8-2-9-19-45/h1-43H. The molecule has 65 heavy (non-hydrogen) atoms. The molecule has 0 radical (unpaired) electrons. The van der Waals surface area contributed by atoms with E-state index in [1.165, 1.54) is 65.6 Å². The minimum atomic E-state index is 1.10. The first-order chi connectivity index (χ1) is 32.2. The van der Waals surface area contributed by atoms with Crippen LogP contribution in [-0.2, 0) is 0 Å². The van der Waals surface area contributed by atoms with E-state index in [1.807, 2.05) is 0 Å². The van der Waals surface area contributed by atoms with Crippen LogP contribution in [0.15, 0.2) is 261 Å². The molecule has 12 aromatic rings. The molecule has 0 atom stereocenters. The molecular weight excluding hydrogens is 787 g/mol. The van der Waals surface area contributed by atoms with E-state index < -0.39 is 0 Å². The van der Waals surface area contributed by atoms with Gasteiger partial charge in [-0.2, -0.15) is 0 Å². The zero-order valence-corrected chi connectivity index (χ0v) is 35.7. The van der Waals surface area contributed by atoms with Crippen LogP contribution in [0.3, 0.4) is 0 Å². The van der Waals surface area contributed by atoms with E-state index >= 15 is 0 Å². The molecule has 12 rings (SSSR count). The number of benzene rings is 11. The van der Waals surface area contributed by atoms with Gasteiger partial charge in [-0.1, -0.05) is 164 Å². The Morgan fingerprint density at radius 2 is 0.615 bits per heavy atom. The highest BCUT2D eigenvalue weighted by Crippen LogP contribution is 2.45. The molecule has 1 aromatic heterocycles. The van der Waals surface area contributed by atoms with Crippen molar-refractivity contribution < 1.29 is 0 Å². The Hall–Kier alpha value is -8.66. The summed E-state index contributed by atoms with van der Waals surface area (Å²) in [7, 11) is 0. The zero-order chi connectivity index (χ0) is 43.1. The summed E-state index contributed by atoms with van der Waals surface area (Å²) in [5.41, 5.74) is 14.9. The van der Waals surface area contributed by atoms with Gasteiger partial charge in [0.2, 0.25) is 0 Å². The van der Waals surface area contributed by atoms with Gasteiger partial charge in [0, 0.05) is 50.6 Å². The Balaban J connectivity index is 1.06. The molecule has 0 saturated heterocycles. The van der Waals surface area contributed by atoms with Crippen LogP contribution in [0.1, 0.15) is 0 Å². The molecule has 0 amide bonds. The van der Waals surface area contributed by atoms with E-state index in [0.717, 1.165) is 39.8 Å². The fourth-order valence-electron chi connectivity index (χ4n) is 9.68. The Morgan fingerprint density at radius 3 is 1.14 bits per heavy atom. The Labute approximate surface area is 378 Å². The summed E-state index contributed by atoms with van der Waals surface area (Å²) in [6.07, 6.45) is 0. The molecule has 0 bridgehead atoms. The third-order valence-corrected chi connectivity index (χ3v) is 12.7. The Morgan fingerprint density at radius 1 is 0.246 bits per heavy atom. The second-order valence-corrected chi connectivity index (χ2v) is 16.6. The first-order valence-corrected chi connectivity index (χ1v) is 22.3. The van der Waals surface area contributed by atoms with Crippen LogP contribution in [-0.4, -0.2) is 4.57 Å². The lowest BCUT2D eigenvalue weighted by Crippen LogP contribution is -2.09. The van der Waals surface area contributed by atoms with E-state index in [2.05, 4.69) is 275 Å². The quantitative estimate of drug-likeness (QED) is 0.144. The van der Waals surface area contributed by atoms with Crippen LogP contribution in [0.2, 0.25) is 0 Å². The smallest absolute Gasteiger partial charge is 0.0547 e. The summed E-state index contributed by atoms with van der Waals surface area (Å²) < 4.78 is 2.44. The van der Waals surface area contributed by atoms with E-state index in [-0.39, 0.29) is 0 Å². The van der Waals surface area contributed by atoms with Crippen molar-refractivity contribution in [1.29, 1.82) is 0 Å². The number of para-hydroxylation sites is 3. The molecule has 3 heteroatoms. The van der Waals surface area contributed by atoms with Crippen LogP contribution < -0.4 is 9.80 Å². The summed E-state index contributed by atoms with van der Waals surface area (Å²) >= 11 is 0. The van der Waals surface area contributed by atoms with Gasteiger partial charge in [0.05, 0.1) is 11.0 Å². The predicted molar refractivity (Wildman–Crippen MR) is 276 cm³/mol. The molecule has 0 aliphatic carbocycles. The van der Waals surface area contributed by atoms with Crippen LogP contribution in [0, 0.1) is 0 Å². The van der Waals surface area contributed by atoms with Crippen LogP contribution in [0.25, 0.3) is 71.3 Å². The number of rotatable bonds is 9. The maximum absolute atomic E-state index is 2.44. The van der Waals surface area contributed by atoms with Crippen molar-refractivity contribution in [2.45, 2.75) is 0 Å². The minimum absolute atomic E-state index is 1.10. The first kappa shape index (κ1) is 38.0. The van der Waals surface area contributed by atoms with Crippen molar-refractivity contribution in [3.8, 4) is 27.9 Å². The maximum atomic E-state index is 2.44. The number of aromatic nitrogens is 1. The molecular formula is C62H43N3. The largest absolute Gasteiger partial charge is 0.310 e. The summed E-state index contributed by atoms with van der Waals surface area (Å²) in [5, 5.41) is 7.29. The number of nitrogens with zero attached hydrogens (tertiary/aromatic N) is 3. The molecule has 0 saturated carbocycles. The van der Waals surface area contributed by atoms with E-state index in [0.29, 0.717) is 0 Å². The molecule has 0 aliphatic heterocycles. The third kappa shape index (κ3) is 6.87. The normalized spacial score (nSPS) is 11.4. The molecule has 0 unspecified atom stereocenters. The second kappa shape index (κ2) is 16.2. The van der Waals surface area contributed by atoms with Crippen LogP contribution >= 0.6 is 0 Å². The fourth-order valence-corrected chi connectivity index (χ4v) is 9.68. The third-order valence-electron chi connectivity index (χ3n) is 12.7. The molecule has 0 N–H and O–H groups in total. The number of anilines is 6. The number of fused-ring (bicyclic) bond motifs is 7. The number of hydrogen-bond acceptors (Lipinski definition) is 2. The molecule has 0 fully saturated rings. The lowest BCUT2D eigenvalue weighted by molar-refractivity contribution is 1.18. The van der Waals surface area contributed by atoms with Crippen molar-refractivity contribution in [3.63, 3.8) is 0 Å². The molecule has 11 aromatic carbocycles. The van der Waals surface area contributed by atoms with Gasteiger partial charge in [-0.25, -0.2) is 0 Å². The highest BCUT2D eigenvalue weighted by Gasteiger charge is 2.21. The van der Waals surface area contributed by atoms with Gasteiger partial charge in [0.1, 0.15) is 0 Å². The fraction of sp³-hybridized carbons (Fsp3) is 0. The van der Waals surface area contributed by atoms with Gasteiger partial charge in [-0.05, 0) is 141 Å². The van der Waals surface area contributed by atoms with Crippen molar-refractivity contribution >= 4 is 77.5 Å². The van der Waals surface area contributed by atoms with Crippen molar-refractivity contribution in [2.75, 3.05) is 9.80 Å². The molecule has 0 spiro atoms. The minimum Gasteiger partial charge on any atom is -0.310 e. The van der Waals surface area contributed by atoms with Gasteiger partial charge in [0.15, 0.2) is 0 Å². The van der Waals surface area contributed by atoms with Gasteiger partial charge in [0.25, 0.3) is 0 Å². The van der Waals surface area contributed by atoms with Crippen molar-refractivity contribution in [1.82, 2.24) is 4.57 Å². The highest BCUT2D eigenvalue weighted by atomic mass is 15.1. The van der Waals surface area contributed by atoms with Crippen LogP contribution in [0.5, 0.6) is 0 Å². The monoisotopic (exact) mass is 829 g/mol. The highest BCUT2D eigenvalue weighted by molar-refractivity contribution is 6.29. The first-order valence-electron chi connectivity index (χ1n) is 22.3. The van der Waals surface area contributed by atoms with Gasteiger partial charge >= 0.3 is 0 Å². The van der Waals surface area contributed by atoms with E-state index in [4.69, 9.17) is 0 Å². The van der Waals surface area contributed by atoms with Crippen molar-refractivity contribution in [3.05, 3.63) is 261 Å². The Kier molecular flexibility index (Phi) is 9.50. The second-order valence-electron chi connectivity index (χ2n) is 16.6. The summed E-state index contributed by atoms with van der Waals surface area (Å²) in [6, 6.07) is 94.3. The SMILES string of the molecule is c1ccc(-c2ccc(N(c3ccccc3)c3ccc4c(ccc5c4c4c6cc(N(c7ccccc7)c7ccc(-c8ccccc8)cc7)ccc6ccc4n5-c4ccccc4)c3)cc2)cc1.